The Hall–Kier alpha value is -2.34. The Morgan fingerprint density at radius 2 is 1.96 bits per heavy atom. The lowest BCUT2D eigenvalue weighted by Crippen LogP contribution is -2.15. The van der Waals surface area contributed by atoms with Crippen LogP contribution in [0.3, 0.4) is 0 Å². The molecule has 124 valence electrons. The molecule has 1 heterocycles. The van der Waals surface area contributed by atoms with Crippen molar-refractivity contribution in [2.75, 3.05) is 18.6 Å². The van der Waals surface area contributed by atoms with Gasteiger partial charge in [-0.2, -0.15) is 5.10 Å². The van der Waals surface area contributed by atoms with Gasteiger partial charge in [0, 0.05) is 17.2 Å². The number of anilines is 2. The predicted octanol–water partition coefficient (Wildman–Crippen LogP) is 4.13. The maximum absolute atomic E-state index is 11.9. The number of halogens is 1. The lowest BCUT2D eigenvalue weighted by molar-refractivity contribution is -0.143. The van der Waals surface area contributed by atoms with Crippen LogP contribution in [0.15, 0.2) is 53.0 Å². The van der Waals surface area contributed by atoms with Crippen molar-refractivity contribution in [1.82, 2.24) is 9.78 Å². The Labute approximate surface area is 149 Å². The van der Waals surface area contributed by atoms with Crippen LogP contribution in [0.25, 0.3) is 10.9 Å². The molecule has 0 spiro atoms. The van der Waals surface area contributed by atoms with Gasteiger partial charge in [0.1, 0.15) is 6.54 Å². The van der Waals surface area contributed by atoms with E-state index in [-0.39, 0.29) is 12.5 Å². The van der Waals surface area contributed by atoms with E-state index in [0.717, 1.165) is 26.9 Å². The zero-order valence-corrected chi connectivity index (χ0v) is 15.2. The van der Waals surface area contributed by atoms with Crippen LogP contribution in [0.1, 0.15) is 6.92 Å². The molecule has 0 saturated carbocycles. The number of hydrogen-bond donors (Lipinski definition) is 0. The van der Waals surface area contributed by atoms with E-state index in [4.69, 9.17) is 4.74 Å². The number of carbonyl (C=O) groups is 1. The van der Waals surface area contributed by atoms with E-state index in [1.807, 2.05) is 60.5 Å². The highest BCUT2D eigenvalue weighted by molar-refractivity contribution is 9.10. The van der Waals surface area contributed by atoms with Crippen molar-refractivity contribution >= 4 is 44.3 Å². The molecule has 0 fully saturated rings. The summed E-state index contributed by atoms with van der Waals surface area (Å²) in [5.41, 5.74) is 1.91. The van der Waals surface area contributed by atoms with Crippen LogP contribution < -0.4 is 4.90 Å². The number of hydrogen-bond acceptors (Lipinski definition) is 4. The number of nitrogens with zero attached hydrogens (tertiary/aromatic N) is 3. The van der Waals surface area contributed by atoms with Crippen molar-refractivity contribution in [3.63, 3.8) is 0 Å². The van der Waals surface area contributed by atoms with Crippen LogP contribution in [-0.4, -0.2) is 29.4 Å². The SMILES string of the molecule is CCOC(=O)Cn1nc(N(C)c2ccccc2)c2c(Br)cccc21. The van der Waals surface area contributed by atoms with Crippen molar-refractivity contribution in [2.45, 2.75) is 13.5 Å². The van der Waals surface area contributed by atoms with Crippen LogP contribution in [0, 0.1) is 0 Å². The van der Waals surface area contributed by atoms with Crippen LogP contribution in [0.5, 0.6) is 0 Å². The molecule has 0 amide bonds. The molecule has 3 aromatic rings. The number of fused-ring (bicyclic) bond motifs is 1. The second kappa shape index (κ2) is 7.05. The molecule has 24 heavy (non-hydrogen) atoms. The first-order valence-corrected chi connectivity index (χ1v) is 8.50. The molecule has 0 atom stereocenters. The predicted molar refractivity (Wildman–Crippen MR) is 98.6 cm³/mol. The number of benzene rings is 2. The van der Waals surface area contributed by atoms with E-state index < -0.39 is 0 Å². The molecule has 0 aliphatic rings. The van der Waals surface area contributed by atoms with Crippen LogP contribution in [0.4, 0.5) is 11.5 Å². The normalized spacial score (nSPS) is 10.8. The van der Waals surface area contributed by atoms with Gasteiger partial charge in [-0.05, 0) is 47.1 Å². The fraction of sp³-hybridized carbons (Fsp3) is 0.222. The van der Waals surface area contributed by atoms with E-state index >= 15 is 0 Å². The van der Waals surface area contributed by atoms with Gasteiger partial charge in [-0.3, -0.25) is 9.48 Å². The van der Waals surface area contributed by atoms with E-state index in [0.29, 0.717) is 6.61 Å². The van der Waals surface area contributed by atoms with Gasteiger partial charge in [0.2, 0.25) is 0 Å². The number of ether oxygens (including phenoxy) is 1. The summed E-state index contributed by atoms with van der Waals surface area (Å²) >= 11 is 3.60. The first-order chi connectivity index (χ1) is 11.6. The zero-order chi connectivity index (χ0) is 17.1. The molecule has 0 aliphatic carbocycles. The minimum absolute atomic E-state index is 0.0867. The number of aromatic nitrogens is 2. The van der Waals surface area contributed by atoms with Gasteiger partial charge in [-0.1, -0.05) is 24.3 Å². The second-order valence-corrected chi connectivity index (χ2v) is 6.17. The van der Waals surface area contributed by atoms with Crippen molar-refractivity contribution in [1.29, 1.82) is 0 Å². The Balaban J connectivity index is 2.09. The highest BCUT2D eigenvalue weighted by Crippen LogP contribution is 2.35. The third-order valence-corrected chi connectivity index (χ3v) is 4.41. The van der Waals surface area contributed by atoms with Crippen LogP contribution in [-0.2, 0) is 16.1 Å². The van der Waals surface area contributed by atoms with E-state index in [2.05, 4.69) is 21.0 Å². The summed E-state index contributed by atoms with van der Waals surface area (Å²) in [6.45, 7) is 2.24. The van der Waals surface area contributed by atoms with Gasteiger partial charge in [0.05, 0.1) is 17.5 Å². The number of para-hydroxylation sites is 1. The molecule has 0 unspecified atom stereocenters. The molecule has 2 aromatic carbocycles. The molecule has 0 N–H and O–H groups in total. The number of rotatable bonds is 5. The van der Waals surface area contributed by atoms with Crippen LogP contribution in [0.2, 0.25) is 0 Å². The van der Waals surface area contributed by atoms with Gasteiger partial charge in [-0.15, -0.1) is 0 Å². The summed E-state index contributed by atoms with van der Waals surface area (Å²) < 4.78 is 7.68. The summed E-state index contributed by atoms with van der Waals surface area (Å²) in [5.74, 6) is 0.490. The van der Waals surface area contributed by atoms with Crippen molar-refractivity contribution in [3.05, 3.63) is 53.0 Å². The second-order valence-electron chi connectivity index (χ2n) is 5.31. The van der Waals surface area contributed by atoms with Crippen LogP contribution >= 0.6 is 15.9 Å². The maximum atomic E-state index is 11.9. The third kappa shape index (κ3) is 3.14. The van der Waals surface area contributed by atoms with Crippen molar-refractivity contribution < 1.29 is 9.53 Å². The topological polar surface area (TPSA) is 47.4 Å². The maximum Gasteiger partial charge on any atom is 0.327 e. The highest BCUT2D eigenvalue weighted by atomic mass is 79.9. The Bertz CT molecular complexity index is 861. The lowest BCUT2D eigenvalue weighted by atomic mass is 10.2. The van der Waals surface area contributed by atoms with E-state index in [9.17, 15) is 4.79 Å². The average Bonchev–Trinajstić information content (AvgIpc) is 2.95. The first-order valence-electron chi connectivity index (χ1n) is 7.71. The molecular weight excluding hydrogens is 370 g/mol. The fourth-order valence-corrected chi connectivity index (χ4v) is 3.16. The highest BCUT2D eigenvalue weighted by Gasteiger charge is 2.19. The summed E-state index contributed by atoms with van der Waals surface area (Å²) in [4.78, 5) is 13.9. The monoisotopic (exact) mass is 387 g/mol. The third-order valence-electron chi connectivity index (χ3n) is 3.75. The lowest BCUT2D eigenvalue weighted by Gasteiger charge is -2.17. The number of carbonyl (C=O) groups excluding carboxylic acids is 1. The zero-order valence-electron chi connectivity index (χ0n) is 13.6. The summed E-state index contributed by atoms with van der Waals surface area (Å²) in [6, 6.07) is 15.8. The van der Waals surface area contributed by atoms with Gasteiger partial charge in [0.25, 0.3) is 0 Å². The molecule has 6 heteroatoms. The first kappa shape index (κ1) is 16.5. The molecule has 0 aliphatic heterocycles. The van der Waals surface area contributed by atoms with Gasteiger partial charge >= 0.3 is 5.97 Å². The van der Waals surface area contributed by atoms with Crippen molar-refractivity contribution in [3.8, 4) is 0 Å². The summed E-state index contributed by atoms with van der Waals surface area (Å²) in [5, 5.41) is 5.63. The molecule has 0 radical (unpaired) electrons. The Morgan fingerprint density at radius 3 is 2.67 bits per heavy atom. The molecule has 3 rings (SSSR count). The molecule has 0 saturated heterocycles. The van der Waals surface area contributed by atoms with E-state index in [1.54, 1.807) is 11.6 Å². The Kier molecular flexibility index (Phi) is 4.85. The Morgan fingerprint density at radius 1 is 1.21 bits per heavy atom. The minimum Gasteiger partial charge on any atom is -0.465 e. The molecule has 1 aromatic heterocycles. The van der Waals surface area contributed by atoms with E-state index in [1.165, 1.54) is 0 Å². The standard InChI is InChI=1S/C18H18BrN3O2/c1-3-24-16(23)12-22-15-11-7-10-14(19)17(15)18(20-22)21(2)13-8-5-4-6-9-13/h4-11H,3,12H2,1-2H3. The minimum atomic E-state index is -0.296. The summed E-state index contributed by atoms with van der Waals surface area (Å²) in [6.07, 6.45) is 0. The van der Waals surface area contributed by atoms with Gasteiger partial charge in [0.15, 0.2) is 5.82 Å². The molecule has 5 nitrogen and oxygen atoms in total. The van der Waals surface area contributed by atoms with Crippen molar-refractivity contribution in [2.24, 2.45) is 0 Å². The van der Waals surface area contributed by atoms with Gasteiger partial charge < -0.3 is 9.64 Å². The fourth-order valence-electron chi connectivity index (χ4n) is 2.63. The largest absolute Gasteiger partial charge is 0.465 e. The summed E-state index contributed by atoms with van der Waals surface area (Å²) in [7, 11) is 1.96. The molecular formula is C18H18BrN3O2. The number of esters is 1. The smallest absolute Gasteiger partial charge is 0.327 e. The molecule has 0 bridgehead atoms. The van der Waals surface area contributed by atoms with Gasteiger partial charge in [-0.25, -0.2) is 0 Å². The average molecular weight is 388 g/mol. The quantitative estimate of drug-likeness (QED) is 0.617.